The Morgan fingerprint density at radius 3 is 2.04 bits per heavy atom. The van der Waals surface area contributed by atoms with Crippen molar-refractivity contribution in [2.75, 3.05) is 44.5 Å². The van der Waals surface area contributed by atoms with Gasteiger partial charge in [0.05, 0.1) is 20.3 Å². The molecule has 0 radical (unpaired) electrons. The van der Waals surface area contributed by atoms with Crippen LogP contribution in [0.15, 0.2) is 67.0 Å². The number of ether oxygens (including phenoxy) is 1. The quantitative estimate of drug-likeness (QED) is 0.139. The highest BCUT2D eigenvalue weighted by Crippen LogP contribution is 2.34. The van der Waals surface area contributed by atoms with Gasteiger partial charge in [-0.1, -0.05) is 30.3 Å². The Balaban J connectivity index is 1.50. The Hall–Kier alpha value is -4.68. The van der Waals surface area contributed by atoms with Gasteiger partial charge in [-0.15, -0.1) is 0 Å². The van der Waals surface area contributed by atoms with Crippen LogP contribution in [-0.2, 0) is 13.1 Å². The molecule has 46 heavy (non-hydrogen) atoms. The maximum atomic E-state index is 13.2. The number of nitrogens with zero attached hydrogens (tertiary/aromatic N) is 3. The predicted octanol–water partition coefficient (Wildman–Crippen LogP) is 4.17. The van der Waals surface area contributed by atoms with Gasteiger partial charge in [0.25, 0.3) is 11.8 Å². The van der Waals surface area contributed by atoms with E-state index in [1.165, 1.54) is 7.11 Å². The van der Waals surface area contributed by atoms with E-state index in [1.54, 1.807) is 24.5 Å². The third-order valence-electron chi connectivity index (χ3n) is 7.76. The average Bonchev–Trinajstić information content (AvgIpc) is 3.06. The van der Waals surface area contributed by atoms with Crippen molar-refractivity contribution in [2.45, 2.75) is 39.9 Å². The Bertz CT molecular complexity index is 1660. The monoisotopic (exact) mass is 626 g/mol. The molecule has 0 aliphatic rings. The lowest BCUT2D eigenvalue weighted by Crippen LogP contribution is -2.29. The minimum atomic E-state index is -0.377. The minimum absolute atomic E-state index is 0.00502. The number of nitrogens with one attached hydrogen (secondary N) is 3. The summed E-state index contributed by atoms with van der Waals surface area (Å²) in [7, 11) is 3.45. The molecule has 2 aromatic heterocycles. The van der Waals surface area contributed by atoms with Crippen LogP contribution in [0.5, 0.6) is 5.75 Å². The molecule has 4 rings (SSSR count). The van der Waals surface area contributed by atoms with Crippen molar-refractivity contribution in [1.82, 2.24) is 20.2 Å². The number of likely N-dealkylation sites (N-methyl/N-ethyl adjacent to an activating group) is 1. The summed E-state index contributed by atoms with van der Waals surface area (Å²) in [5, 5.41) is 27.5. The summed E-state index contributed by atoms with van der Waals surface area (Å²) in [6, 6.07) is 16.5. The number of aliphatic hydroxyl groups excluding tert-OH is 2. The zero-order valence-electron chi connectivity index (χ0n) is 26.9. The fourth-order valence-corrected chi connectivity index (χ4v) is 4.97. The number of methoxy groups -OCH3 is 1. The molecule has 0 aliphatic carbocycles. The number of carbonyl (C=O) groups excluding carboxylic acids is 2. The van der Waals surface area contributed by atoms with Crippen LogP contribution in [-0.4, -0.2) is 76.9 Å². The standard InChI is InChI=1S/C35H42N6O5/c1-22(21-43)36-18-26-19-38-32(16-33(26)46-5)35(45)40-30-11-7-9-28(24(30)3)27-8-6-10-29(23(27)2)39-34(44)31-13-12-25(17-37-31)20-41(4)14-15-42/h6-13,16-17,19,22,36,42-43H,14-15,18,20-21H2,1-5H3,(H,39,44)(H,40,45)/t22-/m0/s1. The molecule has 4 aromatic rings. The lowest BCUT2D eigenvalue weighted by molar-refractivity contribution is 0.101. The lowest BCUT2D eigenvalue weighted by atomic mass is 9.94. The van der Waals surface area contributed by atoms with Gasteiger partial charge in [-0.3, -0.25) is 24.5 Å². The molecular formula is C35H42N6O5. The number of benzene rings is 2. The summed E-state index contributed by atoms with van der Waals surface area (Å²) in [6.45, 7) is 7.44. The van der Waals surface area contributed by atoms with Crippen molar-refractivity contribution in [2.24, 2.45) is 0 Å². The Labute approximate surface area is 269 Å². The van der Waals surface area contributed by atoms with Gasteiger partial charge >= 0.3 is 0 Å². The van der Waals surface area contributed by atoms with Gasteiger partial charge in [-0.25, -0.2) is 0 Å². The van der Waals surface area contributed by atoms with Crippen LogP contribution in [0.4, 0.5) is 11.4 Å². The number of carbonyl (C=O) groups is 2. The highest BCUT2D eigenvalue weighted by molar-refractivity contribution is 6.05. The van der Waals surface area contributed by atoms with Gasteiger partial charge in [0.2, 0.25) is 0 Å². The SMILES string of the molecule is COc1cc(C(=O)Nc2cccc(-c3cccc(NC(=O)c4ccc(CN(C)CCO)cn4)c3C)c2C)ncc1CN[C@@H](C)CO. The van der Waals surface area contributed by atoms with Gasteiger partial charge in [0.1, 0.15) is 17.1 Å². The molecule has 2 aromatic carbocycles. The average molecular weight is 627 g/mol. The molecule has 0 unspecified atom stereocenters. The first kappa shape index (κ1) is 34.2. The van der Waals surface area contributed by atoms with Crippen molar-refractivity contribution in [3.05, 3.63) is 101 Å². The number of aromatic nitrogens is 2. The van der Waals surface area contributed by atoms with E-state index in [2.05, 4.69) is 25.9 Å². The first-order chi connectivity index (χ1) is 22.1. The number of amides is 2. The summed E-state index contributed by atoms with van der Waals surface area (Å²) >= 11 is 0. The van der Waals surface area contributed by atoms with E-state index in [4.69, 9.17) is 9.84 Å². The fourth-order valence-electron chi connectivity index (χ4n) is 4.97. The van der Waals surface area contributed by atoms with Crippen molar-refractivity contribution in [1.29, 1.82) is 0 Å². The first-order valence-corrected chi connectivity index (χ1v) is 15.1. The number of anilines is 2. The Morgan fingerprint density at radius 1 is 0.891 bits per heavy atom. The van der Waals surface area contributed by atoms with Crippen molar-refractivity contribution in [3.8, 4) is 16.9 Å². The van der Waals surface area contributed by atoms with E-state index >= 15 is 0 Å². The summed E-state index contributed by atoms with van der Waals surface area (Å²) in [5.74, 6) is -0.173. The molecule has 0 saturated heterocycles. The highest BCUT2D eigenvalue weighted by Gasteiger charge is 2.17. The number of aliphatic hydroxyl groups is 2. The van der Waals surface area contributed by atoms with Crippen molar-refractivity contribution in [3.63, 3.8) is 0 Å². The van der Waals surface area contributed by atoms with Gasteiger partial charge in [-0.05, 0) is 73.8 Å². The lowest BCUT2D eigenvalue weighted by Gasteiger charge is -2.17. The summed E-state index contributed by atoms with van der Waals surface area (Å²) in [4.78, 5) is 37.0. The second-order valence-electron chi connectivity index (χ2n) is 11.2. The van der Waals surface area contributed by atoms with Gasteiger partial charge in [0.15, 0.2) is 0 Å². The number of hydrogen-bond acceptors (Lipinski definition) is 9. The topological polar surface area (TPSA) is 149 Å². The molecule has 0 aliphatic heterocycles. The van der Waals surface area contributed by atoms with Crippen LogP contribution in [0.2, 0.25) is 0 Å². The first-order valence-electron chi connectivity index (χ1n) is 15.1. The molecule has 5 N–H and O–H groups in total. The van der Waals surface area contributed by atoms with E-state index < -0.39 is 0 Å². The summed E-state index contributed by atoms with van der Waals surface area (Å²) in [6.07, 6.45) is 3.27. The second kappa shape index (κ2) is 16.1. The number of pyridine rings is 2. The normalized spacial score (nSPS) is 11.7. The molecule has 11 nitrogen and oxygen atoms in total. The molecular weight excluding hydrogens is 584 g/mol. The van der Waals surface area contributed by atoms with Crippen LogP contribution in [0, 0.1) is 13.8 Å². The molecule has 0 saturated carbocycles. The maximum absolute atomic E-state index is 13.2. The zero-order chi connectivity index (χ0) is 33.2. The number of rotatable bonds is 14. The largest absolute Gasteiger partial charge is 0.496 e. The molecule has 2 heterocycles. The Morgan fingerprint density at radius 2 is 1.50 bits per heavy atom. The molecule has 0 fully saturated rings. The fraction of sp³-hybridized carbons (Fsp3) is 0.314. The van der Waals surface area contributed by atoms with E-state index in [1.807, 2.05) is 75.2 Å². The van der Waals surface area contributed by atoms with Crippen LogP contribution in [0.1, 0.15) is 50.2 Å². The van der Waals surface area contributed by atoms with Crippen LogP contribution >= 0.6 is 0 Å². The minimum Gasteiger partial charge on any atom is -0.496 e. The smallest absolute Gasteiger partial charge is 0.274 e. The molecule has 11 heteroatoms. The number of hydrogen-bond donors (Lipinski definition) is 5. The summed E-state index contributed by atoms with van der Waals surface area (Å²) in [5.41, 5.74) is 7.07. The maximum Gasteiger partial charge on any atom is 0.274 e. The molecule has 242 valence electrons. The van der Waals surface area contributed by atoms with E-state index in [0.717, 1.165) is 33.4 Å². The van der Waals surface area contributed by atoms with Gasteiger partial charge < -0.3 is 30.9 Å². The summed E-state index contributed by atoms with van der Waals surface area (Å²) < 4.78 is 5.49. The van der Waals surface area contributed by atoms with Crippen molar-refractivity contribution >= 4 is 23.2 Å². The second-order valence-corrected chi connectivity index (χ2v) is 11.2. The predicted molar refractivity (Wildman–Crippen MR) is 179 cm³/mol. The molecule has 1 atom stereocenters. The third kappa shape index (κ3) is 8.52. The van der Waals surface area contributed by atoms with E-state index in [0.29, 0.717) is 42.5 Å². The highest BCUT2D eigenvalue weighted by atomic mass is 16.5. The zero-order valence-corrected chi connectivity index (χ0v) is 26.9. The third-order valence-corrected chi connectivity index (χ3v) is 7.76. The van der Waals surface area contributed by atoms with Crippen LogP contribution in [0.3, 0.4) is 0 Å². The molecule has 0 bridgehead atoms. The van der Waals surface area contributed by atoms with Crippen LogP contribution < -0.4 is 20.7 Å². The van der Waals surface area contributed by atoms with E-state index in [9.17, 15) is 14.7 Å². The van der Waals surface area contributed by atoms with Crippen LogP contribution in [0.25, 0.3) is 11.1 Å². The van der Waals surface area contributed by atoms with Gasteiger partial charge in [-0.2, -0.15) is 0 Å². The van der Waals surface area contributed by atoms with E-state index in [-0.39, 0.29) is 36.8 Å². The molecule has 2 amide bonds. The van der Waals surface area contributed by atoms with Gasteiger partial charge in [0, 0.05) is 61.1 Å². The Kier molecular flexibility index (Phi) is 11.9. The molecule has 0 spiro atoms. The van der Waals surface area contributed by atoms with Crippen molar-refractivity contribution < 1.29 is 24.5 Å².